The second-order valence-electron chi connectivity index (χ2n) is 4.74. The summed E-state index contributed by atoms with van der Waals surface area (Å²) in [5, 5.41) is 4.54. The Labute approximate surface area is 123 Å². The number of nitrogens with zero attached hydrogens (tertiary/aromatic N) is 3. The Morgan fingerprint density at radius 1 is 1.32 bits per heavy atom. The fourth-order valence-corrected chi connectivity index (χ4v) is 3.15. The summed E-state index contributed by atoms with van der Waals surface area (Å²) in [6.07, 6.45) is 5.88. The Hall–Kier alpha value is -0.750. The minimum atomic E-state index is 0.822. The molecule has 2 aromatic heterocycles. The van der Waals surface area contributed by atoms with Gasteiger partial charge in [-0.25, -0.2) is 4.68 Å². The standard InChI is InChI=1S/C13H22N4S2/c1-4-17-12-11(10(2)15-17)14-13(18)16(12)8-6-5-7-9-19-3/h4-9H2,1-3H3,(H,14,18). The predicted octanol–water partition coefficient (Wildman–Crippen LogP) is 3.76. The first-order valence-corrected chi connectivity index (χ1v) is 8.64. The average Bonchev–Trinajstić information content (AvgIpc) is 2.88. The van der Waals surface area contributed by atoms with E-state index in [2.05, 4.69) is 27.8 Å². The third-order valence-electron chi connectivity index (χ3n) is 3.36. The summed E-state index contributed by atoms with van der Waals surface area (Å²) in [5.41, 5.74) is 3.27. The smallest absolute Gasteiger partial charge is 0.179 e. The summed E-state index contributed by atoms with van der Waals surface area (Å²) >= 11 is 7.35. The molecule has 0 amide bonds. The number of hydrogen-bond acceptors (Lipinski definition) is 3. The van der Waals surface area contributed by atoms with Crippen LogP contribution in [-0.4, -0.2) is 31.3 Å². The van der Waals surface area contributed by atoms with Crippen LogP contribution in [0.5, 0.6) is 0 Å². The van der Waals surface area contributed by atoms with Gasteiger partial charge < -0.3 is 9.55 Å². The summed E-state index contributed by atoms with van der Waals surface area (Å²) in [4.78, 5) is 3.29. The summed E-state index contributed by atoms with van der Waals surface area (Å²) < 4.78 is 5.06. The van der Waals surface area contributed by atoms with Crippen LogP contribution in [0.15, 0.2) is 0 Å². The maximum atomic E-state index is 5.44. The van der Waals surface area contributed by atoms with Crippen molar-refractivity contribution in [2.45, 2.75) is 46.2 Å². The average molecular weight is 298 g/mol. The maximum absolute atomic E-state index is 5.44. The zero-order valence-corrected chi connectivity index (χ0v) is 13.5. The minimum absolute atomic E-state index is 0.822. The van der Waals surface area contributed by atoms with E-state index >= 15 is 0 Å². The quantitative estimate of drug-likeness (QED) is 0.625. The van der Waals surface area contributed by atoms with Gasteiger partial charge in [0.25, 0.3) is 0 Å². The van der Waals surface area contributed by atoms with Crippen molar-refractivity contribution in [1.29, 1.82) is 0 Å². The van der Waals surface area contributed by atoms with E-state index in [9.17, 15) is 0 Å². The van der Waals surface area contributed by atoms with Crippen molar-refractivity contribution >= 4 is 35.1 Å². The van der Waals surface area contributed by atoms with Crippen LogP contribution < -0.4 is 0 Å². The summed E-state index contributed by atoms with van der Waals surface area (Å²) in [6.45, 7) is 6.01. The highest BCUT2D eigenvalue weighted by atomic mass is 32.2. The van der Waals surface area contributed by atoms with Gasteiger partial charge in [0.2, 0.25) is 0 Å². The molecular weight excluding hydrogens is 276 g/mol. The van der Waals surface area contributed by atoms with Crippen molar-refractivity contribution in [2.24, 2.45) is 0 Å². The highest BCUT2D eigenvalue weighted by Crippen LogP contribution is 2.18. The molecule has 0 spiro atoms. The SMILES string of the molecule is CCn1nc(C)c2[nH]c(=S)n(CCCCCSC)c21. The van der Waals surface area contributed by atoms with Crippen LogP contribution in [0.1, 0.15) is 31.9 Å². The summed E-state index contributed by atoms with van der Waals surface area (Å²) in [7, 11) is 0. The molecule has 2 rings (SSSR count). The molecule has 1 N–H and O–H groups in total. The lowest BCUT2D eigenvalue weighted by atomic mass is 10.2. The summed E-state index contributed by atoms with van der Waals surface area (Å²) in [5.74, 6) is 1.25. The molecule has 0 radical (unpaired) electrons. The van der Waals surface area contributed by atoms with Gasteiger partial charge in [-0.05, 0) is 50.9 Å². The topological polar surface area (TPSA) is 38.5 Å². The molecule has 0 aliphatic rings. The number of H-pyrrole nitrogens is 1. The number of aryl methyl sites for hydroxylation is 3. The number of aromatic nitrogens is 4. The lowest BCUT2D eigenvalue weighted by Crippen LogP contribution is -2.05. The lowest BCUT2D eigenvalue weighted by molar-refractivity contribution is 0.582. The molecule has 0 saturated carbocycles. The first-order chi connectivity index (χ1) is 9.19. The van der Waals surface area contributed by atoms with Gasteiger partial charge in [0.05, 0.1) is 5.69 Å². The second kappa shape index (κ2) is 6.61. The van der Waals surface area contributed by atoms with Crippen molar-refractivity contribution in [3.8, 4) is 0 Å². The summed E-state index contributed by atoms with van der Waals surface area (Å²) in [6, 6.07) is 0. The number of nitrogens with one attached hydrogen (secondary N) is 1. The van der Waals surface area contributed by atoms with E-state index in [1.807, 2.05) is 23.4 Å². The van der Waals surface area contributed by atoms with Gasteiger partial charge in [0.1, 0.15) is 5.52 Å². The third-order valence-corrected chi connectivity index (χ3v) is 4.38. The van der Waals surface area contributed by atoms with E-state index < -0.39 is 0 Å². The third kappa shape index (κ3) is 3.05. The molecule has 0 fully saturated rings. The Morgan fingerprint density at radius 2 is 2.11 bits per heavy atom. The van der Waals surface area contributed by atoms with Crippen LogP contribution in [0.25, 0.3) is 11.2 Å². The number of thioether (sulfide) groups is 1. The molecule has 0 aromatic carbocycles. The molecule has 19 heavy (non-hydrogen) atoms. The fourth-order valence-electron chi connectivity index (χ4n) is 2.38. The molecule has 4 nitrogen and oxygen atoms in total. The van der Waals surface area contributed by atoms with Crippen molar-refractivity contribution in [3.63, 3.8) is 0 Å². The number of fused-ring (bicyclic) bond motifs is 1. The number of hydrogen-bond donors (Lipinski definition) is 1. The number of unbranched alkanes of at least 4 members (excludes halogenated alkanes) is 2. The number of imidazole rings is 1. The molecule has 0 aliphatic carbocycles. The highest BCUT2D eigenvalue weighted by molar-refractivity contribution is 7.98. The monoisotopic (exact) mass is 298 g/mol. The molecule has 2 aromatic rings. The van der Waals surface area contributed by atoms with E-state index in [0.29, 0.717) is 0 Å². The van der Waals surface area contributed by atoms with E-state index in [4.69, 9.17) is 12.2 Å². The zero-order chi connectivity index (χ0) is 13.8. The normalized spacial score (nSPS) is 11.5. The molecule has 2 heterocycles. The Bertz CT molecular complexity index is 594. The Morgan fingerprint density at radius 3 is 2.79 bits per heavy atom. The van der Waals surface area contributed by atoms with Crippen molar-refractivity contribution in [2.75, 3.05) is 12.0 Å². The molecule has 0 saturated heterocycles. The second-order valence-corrected chi connectivity index (χ2v) is 6.11. The fraction of sp³-hybridized carbons (Fsp3) is 0.692. The highest BCUT2D eigenvalue weighted by Gasteiger charge is 2.13. The number of rotatable bonds is 7. The van der Waals surface area contributed by atoms with E-state index in [1.54, 1.807) is 0 Å². The molecule has 0 unspecified atom stereocenters. The van der Waals surface area contributed by atoms with Gasteiger partial charge in [-0.15, -0.1) is 0 Å². The predicted molar refractivity (Wildman–Crippen MR) is 85.6 cm³/mol. The Kier molecular flexibility index (Phi) is 5.10. The lowest BCUT2D eigenvalue weighted by Gasteiger charge is -2.06. The van der Waals surface area contributed by atoms with Gasteiger partial charge in [0, 0.05) is 13.1 Å². The van der Waals surface area contributed by atoms with Crippen molar-refractivity contribution < 1.29 is 0 Å². The van der Waals surface area contributed by atoms with Crippen LogP contribution in [0.2, 0.25) is 0 Å². The van der Waals surface area contributed by atoms with Crippen LogP contribution >= 0.6 is 24.0 Å². The van der Waals surface area contributed by atoms with Crippen LogP contribution in [0, 0.1) is 11.7 Å². The van der Waals surface area contributed by atoms with Gasteiger partial charge in [-0.3, -0.25) is 0 Å². The van der Waals surface area contributed by atoms with Gasteiger partial charge >= 0.3 is 0 Å². The van der Waals surface area contributed by atoms with Gasteiger partial charge in [-0.2, -0.15) is 16.9 Å². The first-order valence-electron chi connectivity index (χ1n) is 6.84. The van der Waals surface area contributed by atoms with Gasteiger partial charge in [-0.1, -0.05) is 6.42 Å². The molecule has 6 heteroatoms. The number of aromatic amines is 1. The largest absolute Gasteiger partial charge is 0.328 e. The van der Waals surface area contributed by atoms with Crippen LogP contribution in [0.3, 0.4) is 0 Å². The van der Waals surface area contributed by atoms with E-state index in [-0.39, 0.29) is 0 Å². The molecular formula is C13H22N4S2. The van der Waals surface area contributed by atoms with Gasteiger partial charge in [0.15, 0.2) is 10.4 Å². The zero-order valence-electron chi connectivity index (χ0n) is 11.9. The molecule has 0 bridgehead atoms. The Balaban J connectivity index is 2.17. The van der Waals surface area contributed by atoms with E-state index in [1.165, 1.54) is 25.0 Å². The van der Waals surface area contributed by atoms with Crippen molar-refractivity contribution in [1.82, 2.24) is 19.3 Å². The molecule has 106 valence electrons. The first kappa shape index (κ1) is 14.7. The van der Waals surface area contributed by atoms with Crippen LogP contribution in [0.4, 0.5) is 0 Å². The molecule has 0 atom stereocenters. The maximum Gasteiger partial charge on any atom is 0.179 e. The minimum Gasteiger partial charge on any atom is -0.328 e. The molecule has 0 aliphatic heterocycles. The van der Waals surface area contributed by atoms with E-state index in [0.717, 1.165) is 34.7 Å². The van der Waals surface area contributed by atoms with Crippen molar-refractivity contribution in [3.05, 3.63) is 10.5 Å². The van der Waals surface area contributed by atoms with Crippen LogP contribution in [-0.2, 0) is 13.1 Å².